The summed E-state index contributed by atoms with van der Waals surface area (Å²) in [6, 6.07) is 13.5. The van der Waals surface area contributed by atoms with E-state index in [2.05, 4.69) is 67.6 Å². The summed E-state index contributed by atoms with van der Waals surface area (Å²) in [5, 5.41) is 2.14. The Morgan fingerprint density at radius 1 is 1.24 bits per heavy atom. The van der Waals surface area contributed by atoms with E-state index >= 15 is 0 Å². The van der Waals surface area contributed by atoms with E-state index in [0.717, 1.165) is 19.4 Å². The second-order valence-electron chi connectivity index (χ2n) is 5.74. The van der Waals surface area contributed by atoms with Crippen LogP contribution in [0.1, 0.15) is 35.4 Å². The van der Waals surface area contributed by atoms with Crippen LogP contribution < -0.4 is 5.73 Å². The zero-order valence-corrected chi connectivity index (χ0v) is 14.1. The molecule has 1 heterocycles. The topological polar surface area (TPSA) is 29.3 Å². The van der Waals surface area contributed by atoms with E-state index in [1.807, 2.05) is 11.3 Å². The molecule has 0 aliphatic rings. The Hall–Kier alpha value is -1.16. The fraction of sp³-hybridized carbons (Fsp3) is 0.444. The van der Waals surface area contributed by atoms with Crippen molar-refractivity contribution in [2.45, 2.75) is 38.8 Å². The van der Waals surface area contributed by atoms with E-state index in [9.17, 15) is 0 Å². The minimum atomic E-state index is 0.167. The molecule has 0 amide bonds. The van der Waals surface area contributed by atoms with Gasteiger partial charge in [-0.15, -0.1) is 11.3 Å². The molecule has 1 aromatic carbocycles. The normalized spacial score (nSPS) is 14.3. The van der Waals surface area contributed by atoms with Gasteiger partial charge in [-0.05, 0) is 43.8 Å². The second-order valence-corrected chi connectivity index (χ2v) is 6.77. The maximum absolute atomic E-state index is 6.41. The van der Waals surface area contributed by atoms with Crippen molar-refractivity contribution in [1.82, 2.24) is 4.90 Å². The van der Waals surface area contributed by atoms with Crippen molar-refractivity contribution < 1.29 is 0 Å². The number of hydrogen-bond donors (Lipinski definition) is 1. The van der Waals surface area contributed by atoms with Crippen LogP contribution in [0.15, 0.2) is 41.8 Å². The van der Waals surface area contributed by atoms with Crippen LogP contribution in [0, 0.1) is 6.92 Å². The van der Waals surface area contributed by atoms with Crippen LogP contribution >= 0.6 is 11.3 Å². The van der Waals surface area contributed by atoms with E-state index in [1.165, 1.54) is 16.0 Å². The van der Waals surface area contributed by atoms with Gasteiger partial charge in [0.05, 0.1) is 0 Å². The van der Waals surface area contributed by atoms with Crippen molar-refractivity contribution in [2.24, 2.45) is 5.73 Å². The lowest BCUT2D eigenvalue weighted by molar-refractivity contribution is 0.212. The molecule has 0 aliphatic heterocycles. The lowest BCUT2D eigenvalue weighted by atomic mass is 9.95. The van der Waals surface area contributed by atoms with Gasteiger partial charge in [0.15, 0.2) is 0 Å². The number of nitrogens with two attached hydrogens (primary N) is 1. The zero-order valence-electron chi connectivity index (χ0n) is 13.3. The number of hydrogen-bond acceptors (Lipinski definition) is 3. The van der Waals surface area contributed by atoms with Crippen molar-refractivity contribution in [2.75, 3.05) is 13.6 Å². The predicted molar refractivity (Wildman–Crippen MR) is 92.8 cm³/mol. The van der Waals surface area contributed by atoms with Gasteiger partial charge in [0, 0.05) is 23.5 Å². The molecule has 0 aliphatic carbocycles. The fourth-order valence-corrected chi connectivity index (χ4v) is 3.48. The molecule has 0 saturated carbocycles. The Labute approximate surface area is 132 Å². The van der Waals surface area contributed by atoms with Gasteiger partial charge in [0.25, 0.3) is 0 Å². The van der Waals surface area contributed by atoms with Gasteiger partial charge in [-0.25, -0.2) is 0 Å². The molecule has 2 unspecified atom stereocenters. The van der Waals surface area contributed by atoms with Crippen molar-refractivity contribution in [3.63, 3.8) is 0 Å². The van der Waals surface area contributed by atoms with Crippen LogP contribution in [0.25, 0.3) is 0 Å². The molecule has 2 aromatic rings. The smallest absolute Gasteiger partial charge is 0.0496 e. The fourth-order valence-electron chi connectivity index (χ4n) is 2.79. The summed E-state index contributed by atoms with van der Waals surface area (Å²) in [4.78, 5) is 3.85. The molecule has 114 valence electrons. The van der Waals surface area contributed by atoms with E-state index in [1.54, 1.807) is 0 Å². The number of thiophene rings is 1. The molecule has 0 fully saturated rings. The number of likely N-dealkylation sites (N-methyl/N-ethyl adjacent to an activating group) is 1. The van der Waals surface area contributed by atoms with Crippen molar-refractivity contribution in [3.8, 4) is 0 Å². The molecule has 1 aromatic heterocycles. The molecule has 3 heteroatoms. The highest BCUT2D eigenvalue weighted by Gasteiger charge is 2.23. The van der Waals surface area contributed by atoms with Gasteiger partial charge in [0.2, 0.25) is 0 Å². The first-order valence-electron chi connectivity index (χ1n) is 7.66. The highest BCUT2D eigenvalue weighted by molar-refractivity contribution is 7.09. The maximum atomic E-state index is 6.41. The molecular formula is C18H26N2S. The van der Waals surface area contributed by atoms with E-state index < -0.39 is 0 Å². The number of rotatable bonds is 7. The standard InChI is InChI=1S/C18H26N2S/c1-4-17(19)18(15-8-5-7-14(2)13-15)20(3)11-10-16-9-6-12-21-16/h5-9,12-13,17-18H,4,10-11,19H2,1-3H3. The van der Waals surface area contributed by atoms with E-state index in [4.69, 9.17) is 5.73 Å². The lowest BCUT2D eigenvalue weighted by Crippen LogP contribution is -2.39. The molecule has 2 atom stereocenters. The molecule has 0 spiro atoms. The average Bonchev–Trinajstić information content (AvgIpc) is 2.98. The van der Waals surface area contributed by atoms with Gasteiger partial charge in [-0.2, -0.15) is 0 Å². The average molecular weight is 302 g/mol. The Bertz CT molecular complexity index is 536. The SMILES string of the molecule is CCC(N)C(c1cccc(C)c1)N(C)CCc1cccs1. The summed E-state index contributed by atoms with van der Waals surface area (Å²) in [5.41, 5.74) is 9.04. The summed E-state index contributed by atoms with van der Waals surface area (Å²) in [7, 11) is 2.19. The number of benzene rings is 1. The Balaban J connectivity index is 2.11. The van der Waals surface area contributed by atoms with Gasteiger partial charge in [-0.1, -0.05) is 42.8 Å². The third-order valence-corrected chi connectivity index (χ3v) is 4.96. The lowest BCUT2D eigenvalue weighted by Gasteiger charge is -2.33. The van der Waals surface area contributed by atoms with E-state index in [0.29, 0.717) is 0 Å². The van der Waals surface area contributed by atoms with Crippen LogP contribution in [-0.2, 0) is 6.42 Å². The van der Waals surface area contributed by atoms with Crippen LogP contribution in [-0.4, -0.2) is 24.5 Å². The number of nitrogens with zero attached hydrogens (tertiary/aromatic N) is 1. The molecule has 21 heavy (non-hydrogen) atoms. The monoisotopic (exact) mass is 302 g/mol. The minimum absolute atomic E-state index is 0.167. The molecular weight excluding hydrogens is 276 g/mol. The van der Waals surface area contributed by atoms with Crippen molar-refractivity contribution in [1.29, 1.82) is 0 Å². The summed E-state index contributed by atoms with van der Waals surface area (Å²) < 4.78 is 0. The largest absolute Gasteiger partial charge is 0.326 e. The van der Waals surface area contributed by atoms with Crippen molar-refractivity contribution in [3.05, 3.63) is 57.8 Å². The molecule has 0 radical (unpaired) electrons. The van der Waals surface area contributed by atoms with Gasteiger partial charge < -0.3 is 5.73 Å². The van der Waals surface area contributed by atoms with Crippen LogP contribution in [0.2, 0.25) is 0 Å². The Morgan fingerprint density at radius 2 is 2.05 bits per heavy atom. The second kappa shape index (κ2) is 7.74. The molecule has 2 rings (SSSR count). The third-order valence-electron chi connectivity index (χ3n) is 4.03. The first-order valence-corrected chi connectivity index (χ1v) is 8.54. The van der Waals surface area contributed by atoms with Crippen LogP contribution in [0.3, 0.4) is 0 Å². The maximum Gasteiger partial charge on any atom is 0.0496 e. The third kappa shape index (κ3) is 4.40. The van der Waals surface area contributed by atoms with Crippen molar-refractivity contribution >= 4 is 11.3 Å². The summed E-state index contributed by atoms with van der Waals surface area (Å²) in [6.45, 7) is 5.34. The molecule has 2 nitrogen and oxygen atoms in total. The van der Waals surface area contributed by atoms with Gasteiger partial charge >= 0.3 is 0 Å². The zero-order chi connectivity index (χ0) is 15.2. The first-order chi connectivity index (χ1) is 10.1. The van der Waals surface area contributed by atoms with E-state index in [-0.39, 0.29) is 12.1 Å². The minimum Gasteiger partial charge on any atom is -0.326 e. The molecule has 0 saturated heterocycles. The predicted octanol–water partition coefficient (Wildman–Crippen LogP) is 4.01. The van der Waals surface area contributed by atoms with Gasteiger partial charge in [-0.3, -0.25) is 4.90 Å². The number of aryl methyl sites for hydroxylation is 1. The Kier molecular flexibility index (Phi) is 5.97. The van der Waals surface area contributed by atoms with Crippen LogP contribution in [0.4, 0.5) is 0 Å². The Morgan fingerprint density at radius 3 is 2.67 bits per heavy atom. The quantitative estimate of drug-likeness (QED) is 0.837. The van der Waals surface area contributed by atoms with Gasteiger partial charge in [0.1, 0.15) is 0 Å². The molecule has 0 bridgehead atoms. The highest BCUT2D eigenvalue weighted by Crippen LogP contribution is 2.25. The first kappa shape index (κ1) is 16.2. The summed E-state index contributed by atoms with van der Waals surface area (Å²) in [6.07, 6.45) is 2.08. The summed E-state index contributed by atoms with van der Waals surface area (Å²) in [5.74, 6) is 0. The molecule has 2 N–H and O–H groups in total. The highest BCUT2D eigenvalue weighted by atomic mass is 32.1. The van der Waals surface area contributed by atoms with Crippen LogP contribution in [0.5, 0.6) is 0 Å². The summed E-state index contributed by atoms with van der Waals surface area (Å²) >= 11 is 1.83.